The number of Topliss-reactive ketones (excluding diaryl/α,β-unsaturated/α-hetero) is 1. The Balaban J connectivity index is 1.37. The largest absolute Gasteiger partial charge is 0.357 e. The van der Waals surface area contributed by atoms with Gasteiger partial charge in [0, 0.05) is 50.1 Å². The zero-order valence-corrected chi connectivity index (χ0v) is 26.1. The van der Waals surface area contributed by atoms with Gasteiger partial charge in [-0.15, -0.1) is 0 Å². The monoisotopic (exact) mass is 577 g/mol. The molecular formula is C36H43N5O2. The number of fused-ring (bicyclic) bond motifs is 1. The molecule has 3 aromatic rings. The van der Waals surface area contributed by atoms with Crippen molar-refractivity contribution in [3.05, 3.63) is 95.3 Å². The summed E-state index contributed by atoms with van der Waals surface area (Å²) in [6.45, 7) is 13.9. The maximum atomic E-state index is 14.1. The van der Waals surface area contributed by atoms with Crippen molar-refractivity contribution in [3.8, 4) is 0 Å². The molecular weight excluding hydrogens is 534 g/mol. The molecule has 2 aromatic carbocycles. The molecule has 1 atom stereocenters. The van der Waals surface area contributed by atoms with Crippen molar-refractivity contribution in [2.45, 2.75) is 58.9 Å². The van der Waals surface area contributed by atoms with Gasteiger partial charge in [0.25, 0.3) is 0 Å². The molecule has 7 nitrogen and oxygen atoms in total. The lowest BCUT2D eigenvalue weighted by Gasteiger charge is -2.40. The lowest BCUT2D eigenvalue weighted by molar-refractivity contribution is -0.130. The van der Waals surface area contributed by atoms with Crippen LogP contribution >= 0.6 is 0 Å². The van der Waals surface area contributed by atoms with Crippen LogP contribution in [0.2, 0.25) is 0 Å². The van der Waals surface area contributed by atoms with E-state index in [1.54, 1.807) is 0 Å². The highest BCUT2D eigenvalue weighted by atomic mass is 16.2. The molecule has 0 bridgehead atoms. The minimum atomic E-state index is -0.373. The average Bonchev–Trinajstić information content (AvgIpc) is 3.11. The Kier molecular flexibility index (Phi) is 7.53. The Labute approximate surface area is 255 Å². The number of hydrogen-bond acceptors (Lipinski definition) is 6. The Morgan fingerprint density at radius 3 is 2.30 bits per heavy atom. The smallest absolute Gasteiger partial charge is 0.242 e. The summed E-state index contributed by atoms with van der Waals surface area (Å²) in [5.74, 6) is 1.16. The number of carbonyl (C=O) groups is 2. The molecule has 0 radical (unpaired) electrons. The Morgan fingerprint density at radius 1 is 0.930 bits per heavy atom. The molecule has 224 valence electrons. The third-order valence-corrected chi connectivity index (χ3v) is 9.01. The van der Waals surface area contributed by atoms with Gasteiger partial charge in [0.2, 0.25) is 5.91 Å². The summed E-state index contributed by atoms with van der Waals surface area (Å²) < 4.78 is 0. The minimum absolute atomic E-state index is 0.0122. The molecule has 1 aliphatic carbocycles. The summed E-state index contributed by atoms with van der Waals surface area (Å²) in [5.41, 5.74) is 5.76. The van der Waals surface area contributed by atoms with Gasteiger partial charge in [0.05, 0.1) is 24.0 Å². The Morgan fingerprint density at radius 2 is 1.63 bits per heavy atom. The van der Waals surface area contributed by atoms with Crippen LogP contribution in [0.4, 0.5) is 17.2 Å². The van der Waals surface area contributed by atoms with Gasteiger partial charge >= 0.3 is 0 Å². The zero-order valence-electron chi connectivity index (χ0n) is 26.1. The molecule has 3 aliphatic rings. The number of aromatic nitrogens is 1. The summed E-state index contributed by atoms with van der Waals surface area (Å²) in [5, 5.41) is 3.67. The van der Waals surface area contributed by atoms with E-state index in [-0.39, 0.29) is 35.1 Å². The highest BCUT2D eigenvalue weighted by Gasteiger charge is 2.42. The van der Waals surface area contributed by atoms with Crippen LogP contribution in [-0.2, 0) is 15.0 Å². The maximum absolute atomic E-state index is 14.1. The number of ketones is 1. The lowest BCUT2D eigenvalue weighted by Crippen LogP contribution is -2.52. The second kappa shape index (κ2) is 11.2. The van der Waals surface area contributed by atoms with Crippen LogP contribution in [0.25, 0.3) is 0 Å². The van der Waals surface area contributed by atoms with E-state index in [1.807, 2.05) is 41.4 Å². The molecule has 1 N–H and O–H groups in total. The van der Waals surface area contributed by atoms with Gasteiger partial charge in [0.1, 0.15) is 5.82 Å². The summed E-state index contributed by atoms with van der Waals surface area (Å²) in [7, 11) is 0. The summed E-state index contributed by atoms with van der Waals surface area (Å²) >= 11 is 0. The minimum Gasteiger partial charge on any atom is -0.357 e. The van der Waals surface area contributed by atoms with Crippen molar-refractivity contribution in [3.63, 3.8) is 0 Å². The van der Waals surface area contributed by atoms with Gasteiger partial charge in [-0.1, -0.05) is 77.1 Å². The fourth-order valence-corrected chi connectivity index (χ4v) is 6.71. The fraction of sp³-hybridized carbons (Fsp3) is 0.417. The number of amides is 1. The van der Waals surface area contributed by atoms with Gasteiger partial charge in [-0.3, -0.25) is 9.59 Å². The van der Waals surface area contributed by atoms with E-state index in [0.29, 0.717) is 19.5 Å². The molecule has 43 heavy (non-hydrogen) atoms. The van der Waals surface area contributed by atoms with E-state index in [1.165, 1.54) is 5.56 Å². The number of allylic oxidation sites excluding steroid dienone is 1. The first-order chi connectivity index (χ1) is 20.5. The number of piperazine rings is 1. The second-order valence-corrected chi connectivity index (χ2v) is 13.9. The van der Waals surface area contributed by atoms with Crippen molar-refractivity contribution < 1.29 is 9.59 Å². The highest BCUT2D eigenvalue weighted by molar-refractivity contribution is 6.02. The van der Waals surface area contributed by atoms with E-state index < -0.39 is 0 Å². The van der Waals surface area contributed by atoms with Crippen LogP contribution in [0.3, 0.4) is 0 Å². The van der Waals surface area contributed by atoms with Crippen LogP contribution in [0.15, 0.2) is 84.2 Å². The second-order valence-electron chi connectivity index (χ2n) is 13.9. The van der Waals surface area contributed by atoms with Crippen LogP contribution < -0.4 is 15.1 Å². The third-order valence-electron chi connectivity index (χ3n) is 9.01. The zero-order chi connectivity index (χ0) is 30.4. The van der Waals surface area contributed by atoms with Crippen molar-refractivity contribution in [2.75, 3.05) is 47.8 Å². The molecule has 1 aromatic heterocycles. The van der Waals surface area contributed by atoms with E-state index >= 15 is 0 Å². The quantitative estimate of drug-likeness (QED) is 0.390. The topological polar surface area (TPSA) is 68.8 Å². The van der Waals surface area contributed by atoms with Gasteiger partial charge in [-0.25, -0.2) is 4.98 Å². The number of pyridine rings is 1. The van der Waals surface area contributed by atoms with Crippen molar-refractivity contribution >= 4 is 28.9 Å². The summed E-state index contributed by atoms with van der Waals surface area (Å²) in [6.07, 6.45) is 3.07. The average molecular weight is 578 g/mol. The first-order valence-corrected chi connectivity index (χ1v) is 15.4. The van der Waals surface area contributed by atoms with E-state index in [9.17, 15) is 9.59 Å². The molecule has 0 saturated carbocycles. The first kappa shape index (κ1) is 29.0. The standard InChI is InChI=1S/C36H43N5O2/c1-35(2,3)26-15-13-25(14-16-26)34-33-28(22-36(4,5)23-30(33)42)38-27-10-6-7-11-29(27)41(34)24-32(43)40-20-18-39(19-21-40)31-12-8-9-17-37-31/h6-17,34,38H,18-24H2,1-5H3. The Hall–Kier alpha value is -4.13. The molecule has 6 rings (SSSR count). The van der Waals surface area contributed by atoms with Crippen molar-refractivity contribution in [1.82, 2.24) is 9.88 Å². The number of carbonyl (C=O) groups excluding carboxylic acids is 2. The molecule has 3 heterocycles. The molecule has 2 aliphatic heterocycles. The van der Waals surface area contributed by atoms with Gasteiger partial charge in [0.15, 0.2) is 5.78 Å². The van der Waals surface area contributed by atoms with Gasteiger partial charge in [-0.05, 0) is 52.6 Å². The number of para-hydroxylation sites is 2. The van der Waals surface area contributed by atoms with E-state index in [4.69, 9.17) is 0 Å². The van der Waals surface area contributed by atoms with Crippen LogP contribution in [0.1, 0.15) is 64.6 Å². The van der Waals surface area contributed by atoms with Gasteiger partial charge in [-0.2, -0.15) is 0 Å². The highest BCUT2D eigenvalue weighted by Crippen LogP contribution is 2.48. The number of anilines is 3. The van der Waals surface area contributed by atoms with Crippen molar-refractivity contribution in [2.24, 2.45) is 5.41 Å². The van der Waals surface area contributed by atoms with Crippen LogP contribution in [-0.4, -0.2) is 54.3 Å². The van der Waals surface area contributed by atoms with Crippen molar-refractivity contribution in [1.29, 1.82) is 0 Å². The third kappa shape index (κ3) is 5.90. The number of benzene rings is 2. The molecule has 7 heteroatoms. The lowest BCUT2D eigenvalue weighted by atomic mass is 9.73. The SMILES string of the molecule is CC1(C)CC(=O)C2=C(C1)Nc1ccccc1N(CC(=O)N1CCN(c3ccccn3)CC1)C2c1ccc(C(C)(C)C)cc1. The maximum Gasteiger partial charge on any atom is 0.242 e. The summed E-state index contributed by atoms with van der Waals surface area (Å²) in [4.78, 5) is 38.9. The van der Waals surface area contributed by atoms with Crippen LogP contribution in [0.5, 0.6) is 0 Å². The van der Waals surface area contributed by atoms with E-state index in [0.717, 1.165) is 53.5 Å². The van der Waals surface area contributed by atoms with E-state index in [2.05, 4.69) is 91.1 Å². The number of rotatable bonds is 4. The number of nitrogens with zero attached hydrogens (tertiary/aromatic N) is 4. The predicted octanol–water partition coefficient (Wildman–Crippen LogP) is 6.34. The number of nitrogens with one attached hydrogen (secondary N) is 1. The molecule has 1 saturated heterocycles. The van der Waals surface area contributed by atoms with Gasteiger partial charge < -0.3 is 20.0 Å². The molecule has 1 unspecified atom stereocenters. The normalized spacial score (nSPS) is 20.3. The summed E-state index contributed by atoms with van der Waals surface area (Å²) in [6, 6.07) is 22.4. The first-order valence-electron chi connectivity index (χ1n) is 15.4. The van der Waals surface area contributed by atoms with Crippen LogP contribution in [0, 0.1) is 5.41 Å². The fourth-order valence-electron chi connectivity index (χ4n) is 6.71. The molecule has 1 fully saturated rings. The Bertz CT molecular complexity index is 1530. The molecule has 0 spiro atoms. The number of hydrogen-bond donors (Lipinski definition) is 1. The predicted molar refractivity (Wildman–Crippen MR) is 173 cm³/mol. The molecule has 1 amide bonds.